The van der Waals surface area contributed by atoms with Crippen molar-refractivity contribution in [1.82, 2.24) is 5.32 Å². The van der Waals surface area contributed by atoms with Crippen LogP contribution in [-0.4, -0.2) is 12.1 Å². The summed E-state index contributed by atoms with van der Waals surface area (Å²) >= 11 is 0. The van der Waals surface area contributed by atoms with Gasteiger partial charge in [0.25, 0.3) is 0 Å². The Balaban J connectivity index is 0. The van der Waals surface area contributed by atoms with Crippen molar-refractivity contribution in [2.75, 3.05) is 6.54 Å². The summed E-state index contributed by atoms with van der Waals surface area (Å²) in [5.74, 6) is 0. The minimum atomic E-state index is 0. The second kappa shape index (κ2) is 10.3. The first-order valence-electron chi connectivity index (χ1n) is 5.51. The van der Waals surface area contributed by atoms with Gasteiger partial charge in [-0.25, -0.2) is 0 Å². The fourth-order valence-electron chi connectivity index (χ4n) is 1.78. The van der Waals surface area contributed by atoms with Gasteiger partial charge in [0.2, 0.25) is 0 Å². The summed E-state index contributed by atoms with van der Waals surface area (Å²) in [4.78, 5) is 0. The fraction of sp³-hybridized carbons (Fsp3) is 0.909. The first-order chi connectivity index (χ1) is 5.91. The van der Waals surface area contributed by atoms with E-state index in [1.807, 2.05) is 27.7 Å². The van der Waals surface area contributed by atoms with Crippen LogP contribution in [0.1, 0.15) is 53.4 Å². The standard InChI is InChI=1S/C7H12N.2C2H6.Rb/c1-2-4-7(3-1)5-6-8-7;2*1-2;/h5,8H,1-4,6H2;2*1-2H3;/q-1;;;+1. The summed E-state index contributed by atoms with van der Waals surface area (Å²) in [5, 5.41) is 3.47. The summed E-state index contributed by atoms with van der Waals surface area (Å²) in [6, 6.07) is 0. The van der Waals surface area contributed by atoms with Crippen molar-refractivity contribution in [1.29, 1.82) is 0 Å². The zero-order valence-corrected chi connectivity index (χ0v) is 15.0. The molecule has 0 radical (unpaired) electrons. The Bertz CT molecular complexity index is 92.3. The van der Waals surface area contributed by atoms with E-state index in [2.05, 4.69) is 11.7 Å². The van der Waals surface area contributed by atoms with E-state index in [1.165, 1.54) is 25.7 Å². The van der Waals surface area contributed by atoms with Gasteiger partial charge >= 0.3 is 58.2 Å². The molecule has 13 heavy (non-hydrogen) atoms. The summed E-state index contributed by atoms with van der Waals surface area (Å²) < 4.78 is 0. The van der Waals surface area contributed by atoms with Gasteiger partial charge in [-0.1, -0.05) is 53.4 Å². The van der Waals surface area contributed by atoms with Gasteiger partial charge in [-0.2, -0.15) is 0 Å². The summed E-state index contributed by atoms with van der Waals surface area (Å²) in [7, 11) is 0. The topological polar surface area (TPSA) is 12.0 Å². The van der Waals surface area contributed by atoms with E-state index in [9.17, 15) is 0 Å². The molecular formula is C11H24NRb. The second-order valence-electron chi connectivity index (χ2n) is 2.95. The first-order valence-corrected chi connectivity index (χ1v) is 5.51. The average Bonchev–Trinajstić information content (AvgIpc) is 2.59. The number of hydrogen-bond donors (Lipinski definition) is 1. The second-order valence-corrected chi connectivity index (χ2v) is 2.95. The SMILES string of the molecule is CC.CC.[CH-]1CNC12CCCC2.[Rb+]. The van der Waals surface area contributed by atoms with Crippen LogP contribution in [0.5, 0.6) is 0 Å². The van der Waals surface area contributed by atoms with Gasteiger partial charge in [-0.15, -0.1) is 12.1 Å². The van der Waals surface area contributed by atoms with E-state index in [-0.39, 0.29) is 58.2 Å². The Hall–Kier alpha value is 1.77. The Morgan fingerprint density at radius 3 is 1.54 bits per heavy atom. The van der Waals surface area contributed by atoms with Crippen LogP contribution in [0, 0.1) is 6.42 Å². The number of rotatable bonds is 0. The molecule has 0 bridgehead atoms. The quantitative estimate of drug-likeness (QED) is 0.609. The molecule has 1 aliphatic heterocycles. The predicted octanol–water partition coefficient (Wildman–Crippen LogP) is 0.163. The van der Waals surface area contributed by atoms with Crippen LogP contribution in [0.3, 0.4) is 0 Å². The molecule has 1 spiro atoms. The fourth-order valence-corrected chi connectivity index (χ4v) is 1.78. The van der Waals surface area contributed by atoms with Gasteiger partial charge in [-0.05, 0) is 0 Å². The molecule has 2 heteroatoms. The molecular weight excluding hydrogens is 232 g/mol. The van der Waals surface area contributed by atoms with E-state index in [0.717, 1.165) is 6.54 Å². The van der Waals surface area contributed by atoms with Crippen molar-refractivity contribution >= 4 is 0 Å². The molecule has 0 aromatic rings. The van der Waals surface area contributed by atoms with Gasteiger partial charge < -0.3 is 5.32 Å². The Kier molecular flexibility index (Phi) is 13.6. The maximum atomic E-state index is 3.47. The van der Waals surface area contributed by atoms with E-state index >= 15 is 0 Å². The van der Waals surface area contributed by atoms with E-state index < -0.39 is 0 Å². The van der Waals surface area contributed by atoms with Crippen molar-refractivity contribution in [2.45, 2.75) is 58.9 Å². The molecule has 74 valence electrons. The maximum Gasteiger partial charge on any atom is 1.00 e. The van der Waals surface area contributed by atoms with Gasteiger partial charge in [0.1, 0.15) is 0 Å². The van der Waals surface area contributed by atoms with Gasteiger partial charge in [0.15, 0.2) is 0 Å². The minimum absolute atomic E-state index is 0. The van der Waals surface area contributed by atoms with Crippen molar-refractivity contribution in [3.05, 3.63) is 6.42 Å². The van der Waals surface area contributed by atoms with Crippen molar-refractivity contribution in [2.24, 2.45) is 0 Å². The predicted molar refractivity (Wildman–Crippen MR) is 56.2 cm³/mol. The third kappa shape index (κ3) is 5.41. The smallest absolute Gasteiger partial charge is 0.370 e. The molecule has 1 saturated carbocycles. The molecule has 1 aliphatic carbocycles. The molecule has 0 atom stereocenters. The van der Waals surface area contributed by atoms with Crippen molar-refractivity contribution < 1.29 is 58.2 Å². The normalized spacial score (nSPS) is 21.2. The molecule has 1 saturated heterocycles. The van der Waals surface area contributed by atoms with Crippen LogP contribution < -0.4 is 63.5 Å². The molecule has 0 aromatic heterocycles. The zero-order chi connectivity index (χ0) is 9.45. The van der Waals surface area contributed by atoms with Gasteiger partial charge in [0.05, 0.1) is 0 Å². The van der Waals surface area contributed by atoms with Crippen LogP contribution in [0.4, 0.5) is 0 Å². The van der Waals surface area contributed by atoms with Crippen LogP contribution in [0.25, 0.3) is 0 Å². The van der Waals surface area contributed by atoms with Crippen molar-refractivity contribution in [3.63, 3.8) is 0 Å². The molecule has 2 fully saturated rings. The van der Waals surface area contributed by atoms with Crippen LogP contribution in [0.2, 0.25) is 0 Å². The monoisotopic (exact) mass is 255 g/mol. The molecule has 1 heterocycles. The Labute approximate surface area is 133 Å². The van der Waals surface area contributed by atoms with E-state index in [4.69, 9.17) is 0 Å². The summed E-state index contributed by atoms with van der Waals surface area (Å²) in [6.07, 6.45) is 8.09. The zero-order valence-electron chi connectivity index (χ0n) is 10.1. The molecule has 1 nitrogen and oxygen atoms in total. The minimum Gasteiger partial charge on any atom is -0.370 e. The average molecular weight is 256 g/mol. The third-order valence-corrected chi connectivity index (χ3v) is 2.44. The Morgan fingerprint density at radius 1 is 1.00 bits per heavy atom. The van der Waals surface area contributed by atoms with Crippen molar-refractivity contribution in [3.8, 4) is 0 Å². The largest absolute Gasteiger partial charge is 1.00 e. The van der Waals surface area contributed by atoms with Gasteiger partial charge in [-0.3, -0.25) is 6.42 Å². The molecule has 1 N–H and O–H groups in total. The summed E-state index contributed by atoms with van der Waals surface area (Å²) in [6.45, 7) is 9.15. The molecule has 2 aliphatic rings. The van der Waals surface area contributed by atoms with Crippen LogP contribution >= 0.6 is 0 Å². The van der Waals surface area contributed by atoms with Crippen LogP contribution in [-0.2, 0) is 0 Å². The summed E-state index contributed by atoms with van der Waals surface area (Å²) in [5.41, 5.74) is 0.542. The number of nitrogens with one attached hydrogen (secondary N) is 1. The molecule has 0 aromatic carbocycles. The maximum absolute atomic E-state index is 3.47. The van der Waals surface area contributed by atoms with E-state index in [0.29, 0.717) is 5.54 Å². The van der Waals surface area contributed by atoms with Gasteiger partial charge in [0, 0.05) is 0 Å². The molecule has 0 unspecified atom stereocenters. The van der Waals surface area contributed by atoms with Crippen LogP contribution in [0.15, 0.2) is 0 Å². The molecule has 2 rings (SSSR count). The molecule has 0 amide bonds. The number of hydrogen-bond acceptors (Lipinski definition) is 1. The first kappa shape index (κ1) is 17.2. The van der Waals surface area contributed by atoms with E-state index in [1.54, 1.807) is 0 Å². The third-order valence-electron chi connectivity index (χ3n) is 2.44. The Morgan fingerprint density at radius 2 is 1.38 bits per heavy atom.